The van der Waals surface area contributed by atoms with Crippen LogP contribution in [0.15, 0.2) is 4.42 Å². The van der Waals surface area contributed by atoms with Crippen molar-refractivity contribution in [1.29, 1.82) is 0 Å². The van der Waals surface area contributed by atoms with E-state index in [1.165, 1.54) is 0 Å². The number of hydrogen-bond donors (Lipinski definition) is 2. The van der Waals surface area contributed by atoms with Crippen molar-refractivity contribution >= 4 is 11.9 Å². The van der Waals surface area contributed by atoms with Crippen molar-refractivity contribution < 1.29 is 19.1 Å². The molecular formula is C12H16N2O4. The first-order valence-corrected chi connectivity index (χ1v) is 5.92. The van der Waals surface area contributed by atoms with Gasteiger partial charge in [0.25, 0.3) is 0 Å². The van der Waals surface area contributed by atoms with Gasteiger partial charge in [0.15, 0.2) is 5.89 Å². The fraction of sp³-hybridized carbons (Fsp3) is 0.583. The fourth-order valence-corrected chi connectivity index (χ4v) is 2.15. The lowest BCUT2D eigenvalue weighted by Crippen LogP contribution is -2.43. The summed E-state index contributed by atoms with van der Waals surface area (Å²) in [6.45, 7) is 3.81. The van der Waals surface area contributed by atoms with Crippen molar-refractivity contribution in [2.24, 2.45) is 11.8 Å². The minimum absolute atomic E-state index is 0.220. The third-order valence-corrected chi connectivity index (χ3v) is 3.35. The standard InChI is InChI=1S/C12H16N2O4/c1-6-10(18-7(2)14-6)5-13-11(15)8-3-4-9(8)12(16)17/h8-9H,3-5H2,1-2H3,(H,13,15)(H,16,17)/t8-,9+/m1/s1. The lowest BCUT2D eigenvalue weighted by atomic mass is 9.73. The number of nitrogens with zero attached hydrogens (tertiary/aromatic N) is 1. The van der Waals surface area contributed by atoms with Gasteiger partial charge in [-0.2, -0.15) is 0 Å². The largest absolute Gasteiger partial charge is 0.481 e. The van der Waals surface area contributed by atoms with Gasteiger partial charge < -0.3 is 14.8 Å². The first-order chi connectivity index (χ1) is 8.49. The number of carbonyl (C=O) groups excluding carboxylic acids is 1. The van der Waals surface area contributed by atoms with Gasteiger partial charge in [-0.25, -0.2) is 4.98 Å². The van der Waals surface area contributed by atoms with Crippen LogP contribution >= 0.6 is 0 Å². The molecule has 1 amide bonds. The molecule has 1 aromatic rings. The molecule has 18 heavy (non-hydrogen) atoms. The van der Waals surface area contributed by atoms with Gasteiger partial charge in [0.05, 0.1) is 24.1 Å². The van der Waals surface area contributed by atoms with E-state index in [1.807, 2.05) is 0 Å². The molecule has 0 spiro atoms. The number of carbonyl (C=O) groups is 2. The molecule has 0 aliphatic heterocycles. The summed E-state index contributed by atoms with van der Waals surface area (Å²) in [6, 6.07) is 0. The third kappa shape index (κ3) is 2.37. The van der Waals surface area contributed by atoms with Gasteiger partial charge in [-0.1, -0.05) is 0 Å². The molecule has 0 unspecified atom stereocenters. The highest BCUT2D eigenvalue weighted by molar-refractivity contribution is 5.86. The van der Waals surface area contributed by atoms with Crippen molar-refractivity contribution in [3.8, 4) is 0 Å². The van der Waals surface area contributed by atoms with Crippen molar-refractivity contribution in [2.75, 3.05) is 0 Å². The van der Waals surface area contributed by atoms with Crippen molar-refractivity contribution in [2.45, 2.75) is 33.2 Å². The maximum atomic E-state index is 11.8. The Morgan fingerprint density at radius 1 is 1.39 bits per heavy atom. The maximum Gasteiger partial charge on any atom is 0.307 e. The molecule has 1 aromatic heterocycles. The number of carboxylic acids is 1. The lowest BCUT2D eigenvalue weighted by molar-refractivity contribution is -0.152. The SMILES string of the molecule is Cc1nc(C)c(CNC(=O)[C@@H]2CC[C@@H]2C(=O)O)o1. The molecule has 0 radical (unpaired) electrons. The molecule has 2 rings (SSSR count). The highest BCUT2D eigenvalue weighted by Gasteiger charge is 2.41. The van der Waals surface area contributed by atoms with Gasteiger partial charge in [-0.3, -0.25) is 9.59 Å². The van der Waals surface area contributed by atoms with E-state index >= 15 is 0 Å². The van der Waals surface area contributed by atoms with Gasteiger partial charge in [0.2, 0.25) is 5.91 Å². The number of rotatable bonds is 4. The van der Waals surface area contributed by atoms with E-state index < -0.39 is 17.8 Å². The smallest absolute Gasteiger partial charge is 0.307 e. The Morgan fingerprint density at radius 2 is 2.06 bits per heavy atom. The zero-order valence-electron chi connectivity index (χ0n) is 10.4. The second-order valence-electron chi connectivity index (χ2n) is 4.59. The molecule has 1 fully saturated rings. The summed E-state index contributed by atoms with van der Waals surface area (Å²) >= 11 is 0. The van der Waals surface area contributed by atoms with Crippen LogP contribution in [0.5, 0.6) is 0 Å². The Balaban J connectivity index is 1.89. The number of aryl methyl sites for hydroxylation is 2. The zero-order valence-corrected chi connectivity index (χ0v) is 10.4. The number of aromatic nitrogens is 1. The molecule has 1 saturated carbocycles. The van der Waals surface area contributed by atoms with Gasteiger partial charge in [-0.15, -0.1) is 0 Å². The van der Waals surface area contributed by atoms with E-state index in [4.69, 9.17) is 9.52 Å². The highest BCUT2D eigenvalue weighted by Crippen LogP contribution is 2.34. The summed E-state index contributed by atoms with van der Waals surface area (Å²) in [5.41, 5.74) is 0.746. The average Bonchev–Trinajstić information content (AvgIpc) is 2.51. The summed E-state index contributed by atoms with van der Waals surface area (Å²) in [6.07, 6.45) is 1.21. The minimum atomic E-state index is -0.895. The van der Waals surface area contributed by atoms with Crippen LogP contribution in [0.3, 0.4) is 0 Å². The normalized spacial score (nSPS) is 22.3. The topological polar surface area (TPSA) is 92.4 Å². The van der Waals surface area contributed by atoms with Crippen LogP contribution in [-0.2, 0) is 16.1 Å². The number of carboxylic acid groups (broad SMARTS) is 1. The number of hydrogen-bond acceptors (Lipinski definition) is 4. The first kappa shape index (κ1) is 12.6. The molecular weight excluding hydrogens is 236 g/mol. The van der Waals surface area contributed by atoms with Gasteiger partial charge in [0.1, 0.15) is 5.76 Å². The van der Waals surface area contributed by atoms with Crippen LogP contribution in [-0.4, -0.2) is 22.0 Å². The Labute approximate surface area is 104 Å². The van der Waals surface area contributed by atoms with Crippen LogP contribution < -0.4 is 5.32 Å². The van der Waals surface area contributed by atoms with E-state index in [1.54, 1.807) is 13.8 Å². The molecule has 1 aliphatic rings. The minimum Gasteiger partial charge on any atom is -0.481 e. The Hall–Kier alpha value is -1.85. The zero-order chi connectivity index (χ0) is 13.3. The molecule has 6 heteroatoms. The predicted molar refractivity (Wildman–Crippen MR) is 61.7 cm³/mol. The molecule has 2 N–H and O–H groups in total. The predicted octanol–water partition coefficient (Wildman–Crippen LogP) is 1.02. The van der Waals surface area contributed by atoms with Crippen LogP contribution in [0.2, 0.25) is 0 Å². The van der Waals surface area contributed by atoms with Crippen molar-refractivity contribution in [3.63, 3.8) is 0 Å². The summed E-state index contributed by atoms with van der Waals surface area (Å²) < 4.78 is 5.33. The van der Waals surface area contributed by atoms with Gasteiger partial charge in [0, 0.05) is 6.92 Å². The van der Waals surface area contributed by atoms with Crippen molar-refractivity contribution in [3.05, 3.63) is 17.3 Å². The van der Waals surface area contributed by atoms with E-state index in [-0.39, 0.29) is 12.5 Å². The molecule has 2 atom stereocenters. The Kier molecular flexibility index (Phi) is 3.36. The molecule has 98 valence electrons. The van der Waals surface area contributed by atoms with E-state index in [2.05, 4.69) is 10.3 Å². The summed E-state index contributed by atoms with van der Waals surface area (Å²) in [5, 5.41) is 11.6. The third-order valence-electron chi connectivity index (χ3n) is 3.35. The molecule has 0 saturated heterocycles. The lowest BCUT2D eigenvalue weighted by Gasteiger charge is -2.31. The first-order valence-electron chi connectivity index (χ1n) is 5.92. The Morgan fingerprint density at radius 3 is 2.50 bits per heavy atom. The van der Waals surface area contributed by atoms with Crippen LogP contribution in [0.1, 0.15) is 30.2 Å². The monoisotopic (exact) mass is 252 g/mol. The number of oxazole rings is 1. The van der Waals surface area contributed by atoms with Crippen molar-refractivity contribution in [1.82, 2.24) is 10.3 Å². The van der Waals surface area contributed by atoms with E-state index in [0.717, 1.165) is 5.69 Å². The van der Waals surface area contributed by atoms with Crippen LogP contribution in [0.4, 0.5) is 0 Å². The average molecular weight is 252 g/mol. The molecule has 1 heterocycles. The highest BCUT2D eigenvalue weighted by atomic mass is 16.4. The maximum absolute atomic E-state index is 11.8. The van der Waals surface area contributed by atoms with Crippen LogP contribution in [0, 0.1) is 25.7 Å². The number of nitrogens with one attached hydrogen (secondary N) is 1. The fourth-order valence-electron chi connectivity index (χ4n) is 2.15. The summed E-state index contributed by atoms with van der Waals surface area (Å²) in [5.74, 6) is -0.888. The summed E-state index contributed by atoms with van der Waals surface area (Å²) in [7, 11) is 0. The second-order valence-corrected chi connectivity index (χ2v) is 4.59. The van der Waals surface area contributed by atoms with Gasteiger partial charge in [-0.05, 0) is 19.8 Å². The van der Waals surface area contributed by atoms with Gasteiger partial charge >= 0.3 is 5.97 Å². The van der Waals surface area contributed by atoms with Crippen LogP contribution in [0.25, 0.3) is 0 Å². The van der Waals surface area contributed by atoms with E-state index in [9.17, 15) is 9.59 Å². The second kappa shape index (κ2) is 4.80. The Bertz CT molecular complexity index is 480. The number of aliphatic carboxylic acids is 1. The quantitative estimate of drug-likeness (QED) is 0.834. The molecule has 0 aromatic carbocycles. The number of amides is 1. The molecule has 6 nitrogen and oxygen atoms in total. The molecule has 0 bridgehead atoms. The summed E-state index contributed by atoms with van der Waals surface area (Å²) in [4.78, 5) is 26.7. The van der Waals surface area contributed by atoms with E-state index in [0.29, 0.717) is 24.5 Å². The molecule has 1 aliphatic carbocycles.